The Labute approximate surface area is 121 Å². The predicted octanol–water partition coefficient (Wildman–Crippen LogP) is 2.82. The zero-order valence-electron chi connectivity index (χ0n) is 12.6. The van der Waals surface area contributed by atoms with Crippen molar-refractivity contribution in [1.82, 2.24) is 15.2 Å². The van der Waals surface area contributed by atoms with Crippen LogP contribution in [0, 0.1) is 11.7 Å². The van der Waals surface area contributed by atoms with E-state index in [4.69, 9.17) is 0 Å². The number of nitrogens with one attached hydrogen (secondary N) is 1. The normalized spacial score (nSPS) is 23.9. The number of pyridine rings is 1. The fourth-order valence-corrected chi connectivity index (χ4v) is 3.06. The molecular formula is C16H26FN3. The molecule has 0 spiro atoms. The Balaban J connectivity index is 1.89. The van der Waals surface area contributed by atoms with E-state index in [9.17, 15) is 4.39 Å². The molecule has 112 valence electrons. The van der Waals surface area contributed by atoms with Gasteiger partial charge in [0.15, 0.2) is 0 Å². The lowest BCUT2D eigenvalue weighted by Crippen LogP contribution is -2.49. The van der Waals surface area contributed by atoms with E-state index in [1.807, 2.05) is 0 Å². The molecule has 0 amide bonds. The first kappa shape index (κ1) is 15.4. The molecular weight excluding hydrogens is 253 g/mol. The maximum absolute atomic E-state index is 13.2. The summed E-state index contributed by atoms with van der Waals surface area (Å²) in [6.07, 6.45) is 6.59. The second kappa shape index (κ2) is 7.70. The van der Waals surface area contributed by atoms with Crippen molar-refractivity contribution in [3.8, 4) is 0 Å². The second-order valence-corrected chi connectivity index (χ2v) is 5.76. The third-order valence-corrected chi connectivity index (χ3v) is 4.17. The minimum absolute atomic E-state index is 0.242. The van der Waals surface area contributed by atoms with Gasteiger partial charge >= 0.3 is 0 Å². The zero-order chi connectivity index (χ0) is 14.4. The van der Waals surface area contributed by atoms with E-state index in [1.54, 1.807) is 12.3 Å². The summed E-state index contributed by atoms with van der Waals surface area (Å²) in [5.41, 5.74) is 0.972. The molecule has 2 unspecified atom stereocenters. The Morgan fingerprint density at radius 1 is 1.40 bits per heavy atom. The van der Waals surface area contributed by atoms with Gasteiger partial charge in [-0.15, -0.1) is 0 Å². The van der Waals surface area contributed by atoms with Crippen LogP contribution in [-0.4, -0.2) is 35.6 Å². The zero-order valence-corrected chi connectivity index (χ0v) is 12.6. The van der Waals surface area contributed by atoms with Gasteiger partial charge in [0.2, 0.25) is 0 Å². The van der Waals surface area contributed by atoms with Crippen molar-refractivity contribution in [3.63, 3.8) is 0 Å². The molecule has 0 bridgehead atoms. The summed E-state index contributed by atoms with van der Waals surface area (Å²) in [5, 5.41) is 3.67. The van der Waals surface area contributed by atoms with Crippen molar-refractivity contribution < 1.29 is 4.39 Å². The van der Waals surface area contributed by atoms with Gasteiger partial charge in [0.25, 0.3) is 0 Å². The van der Waals surface area contributed by atoms with Crippen LogP contribution in [0.5, 0.6) is 0 Å². The quantitative estimate of drug-likeness (QED) is 0.868. The van der Waals surface area contributed by atoms with Gasteiger partial charge in [-0.2, -0.15) is 0 Å². The lowest BCUT2D eigenvalue weighted by molar-refractivity contribution is 0.128. The highest BCUT2D eigenvalue weighted by molar-refractivity contribution is 5.10. The number of aromatic nitrogens is 1. The number of halogens is 1. The number of nitrogens with zero attached hydrogens (tertiary/aromatic N) is 2. The average molecular weight is 279 g/mol. The number of likely N-dealkylation sites (tertiary alicyclic amines) is 1. The summed E-state index contributed by atoms with van der Waals surface area (Å²) in [6, 6.07) is 2.23. The minimum Gasteiger partial charge on any atom is -0.314 e. The molecule has 0 aliphatic carbocycles. The van der Waals surface area contributed by atoms with Crippen LogP contribution in [0.4, 0.5) is 4.39 Å². The Morgan fingerprint density at radius 2 is 2.25 bits per heavy atom. The fraction of sp³-hybridized carbons (Fsp3) is 0.688. The topological polar surface area (TPSA) is 28.2 Å². The van der Waals surface area contributed by atoms with Crippen molar-refractivity contribution in [2.45, 2.75) is 45.7 Å². The van der Waals surface area contributed by atoms with Crippen molar-refractivity contribution in [1.29, 1.82) is 0 Å². The van der Waals surface area contributed by atoms with Gasteiger partial charge in [0, 0.05) is 25.3 Å². The Bertz CT molecular complexity index is 410. The molecule has 1 saturated heterocycles. The van der Waals surface area contributed by atoms with E-state index in [2.05, 4.69) is 29.0 Å². The summed E-state index contributed by atoms with van der Waals surface area (Å²) in [7, 11) is 0. The highest BCUT2D eigenvalue weighted by Gasteiger charge is 2.27. The molecule has 3 nitrogen and oxygen atoms in total. The minimum atomic E-state index is -0.242. The van der Waals surface area contributed by atoms with Crippen LogP contribution >= 0.6 is 0 Å². The largest absolute Gasteiger partial charge is 0.314 e. The second-order valence-electron chi connectivity index (χ2n) is 5.76. The molecule has 2 atom stereocenters. The van der Waals surface area contributed by atoms with Crippen LogP contribution < -0.4 is 5.32 Å². The van der Waals surface area contributed by atoms with Gasteiger partial charge in [-0.25, -0.2) is 4.39 Å². The first-order valence-corrected chi connectivity index (χ1v) is 7.78. The summed E-state index contributed by atoms with van der Waals surface area (Å²) in [6.45, 7) is 8.55. The molecule has 0 aromatic carbocycles. The van der Waals surface area contributed by atoms with E-state index in [1.165, 1.54) is 25.5 Å². The number of rotatable bonds is 6. The summed E-state index contributed by atoms with van der Waals surface area (Å²) in [5.74, 6) is 0.450. The van der Waals surface area contributed by atoms with E-state index < -0.39 is 0 Å². The molecule has 1 aromatic rings. The van der Waals surface area contributed by atoms with Crippen LogP contribution in [0.15, 0.2) is 18.5 Å². The summed E-state index contributed by atoms with van der Waals surface area (Å²) in [4.78, 5) is 6.36. The fourth-order valence-electron chi connectivity index (χ4n) is 3.06. The molecule has 2 rings (SSSR count). The lowest BCUT2D eigenvalue weighted by atomic mass is 9.89. The monoisotopic (exact) mass is 279 g/mol. The highest BCUT2D eigenvalue weighted by atomic mass is 19.1. The standard InChI is InChI=1S/C16H26FN3/c1-3-6-19-16-5-7-20(12-14(16)4-2)11-13-8-15(17)10-18-9-13/h8-10,14,16,19H,3-7,11-12H2,1-2H3. The lowest BCUT2D eigenvalue weighted by Gasteiger charge is -2.38. The molecule has 20 heavy (non-hydrogen) atoms. The third kappa shape index (κ3) is 4.25. The number of piperidine rings is 1. The highest BCUT2D eigenvalue weighted by Crippen LogP contribution is 2.21. The SMILES string of the molecule is CCCNC1CCN(Cc2cncc(F)c2)CC1CC. The molecule has 1 fully saturated rings. The molecule has 1 aliphatic rings. The summed E-state index contributed by atoms with van der Waals surface area (Å²) >= 11 is 0. The Kier molecular flexibility index (Phi) is 5.92. The van der Waals surface area contributed by atoms with E-state index in [-0.39, 0.29) is 5.82 Å². The number of hydrogen-bond donors (Lipinski definition) is 1. The molecule has 2 heterocycles. The van der Waals surface area contributed by atoms with Crippen molar-refractivity contribution in [2.75, 3.05) is 19.6 Å². The van der Waals surface area contributed by atoms with Crippen LogP contribution in [0.3, 0.4) is 0 Å². The first-order chi connectivity index (χ1) is 9.72. The third-order valence-electron chi connectivity index (χ3n) is 4.17. The van der Waals surface area contributed by atoms with Crippen molar-refractivity contribution in [3.05, 3.63) is 29.8 Å². The maximum Gasteiger partial charge on any atom is 0.141 e. The van der Waals surface area contributed by atoms with Gasteiger partial charge in [0.05, 0.1) is 6.20 Å². The Morgan fingerprint density at radius 3 is 2.95 bits per heavy atom. The van der Waals surface area contributed by atoms with E-state index >= 15 is 0 Å². The molecule has 0 radical (unpaired) electrons. The van der Waals surface area contributed by atoms with Crippen molar-refractivity contribution >= 4 is 0 Å². The first-order valence-electron chi connectivity index (χ1n) is 7.78. The molecule has 0 saturated carbocycles. The Hall–Kier alpha value is -1.00. The van der Waals surface area contributed by atoms with Crippen LogP contribution in [0.1, 0.15) is 38.7 Å². The average Bonchev–Trinajstić information content (AvgIpc) is 2.46. The van der Waals surface area contributed by atoms with E-state index in [0.717, 1.165) is 31.7 Å². The smallest absolute Gasteiger partial charge is 0.141 e. The van der Waals surface area contributed by atoms with E-state index in [0.29, 0.717) is 12.0 Å². The molecule has 1 aromatic heterocycles. The van der Waals surface area contributed by atoms with Gasteiger partial charge in [0.1, 0.15) is 5.82 Å². The number of hydrogen-bond acceptors (Lipinski definition) is 3. The molecule has 1 aliphatic heterocycles. The summed E-state index contributed by atoms with van der Waals surface area (Å²) < 4.78 is 13.2. The van der Waals surface area contributed by atoms with Gasteiger partial charge in [-0.1, -0.05) is 20.3 Å². The van der Waals surface area contributed by atoms with Crippen LogP contribution in [-0.2, 0) is 6.54 Å². The van der Waals surface area contributed by atoms with Gasteiger partial charge in [-0.3, -0.25) is 9.88 Å². The maximum atomic E-state index is 13.2. The molecule has 1 N–H and O–H groups in total. The van der Waals surface area contributed by atoms with Gasteiger partial charge in [-0.05, 0) is 43.5 Å². The van der Waals surface area contributed by atoms with Crippen LogP contribution in [0.2, 0.25) is 0 Å². The van der Waals surface area contributed by atoms with Crippen LogP contribution in [0.25, 0.3) is 0 Å². The molecule has 4 heteroatoms. The predicted molar refractivity (Wildman–Crippen MR) is 80.0 cm³/mol. The van der Waals surface area contributed by atoms with Crippen molar-refractivity contribution in [2.24, 2.45) is 5.92 Å². The van der Waals surface area contributed by atoms with Gasteiger partial charge < -0.3 is 5.32 Å².